The molecule has 0 atom stereocenters. The van der Waals surface area contributed by atoms with Crippen LogP contribution in [-0.4, -0.2) is 11.6 Å². The van der Waals surface area contributed by atoms with Gasteiger partial charge in [-0.15, -0.1) is 0 Å². The average Bonchev–Trinajstić information content (AvgIpc) is 2.41. The average molecular weight is 292 g/mol. The minimum atomic E-state index is 0.331. The molecule has 19 heavy (non-hydrogen) atoms. The Morgan fingerprint density at radius 3 is 2.53 bits per heavy atom. The van der Waals surface area contributed by atoms with E-state index in [1.807, 2.05) is 24.3 Å². The predicted octanol–water partition coefficient (Wildman–Crippen LogP) is 3.60. The standard InChI is InChI=1S/C15H14ClNOS/c16-13-10-12(15(17)19)6-7-14(13)18-9-8-11-4-2-1-3-5-11/h1-7,10H,8-9H2,(H2,17,19). The fourth-order valence-corrected chi connectivity index (χ4v) is 2.06. The van der Waals surface area contributed by atoms with Gasteiger partial charge in [-0.25, -0.2) is 0 Å². The molecule has 2 aromatic carbocycles. The number of ether oxygens (including phenoxy) is 1. The molecular formula is C15H14ClNOS. The molecule has 0 aliphatic heterocycles. The van der Waals surface area contributed by atoms with Crippen LogP contribution in [0, 0.1) is 0 Å². The van der Waals surface area contributed by atoms with Gasteiger partial charge in [0, 0.05) is 12.0 Å². The monoisotopic (exact) mass is 291 g/mol. The zero-order chi connectivity index (χ0) is 13.7. The van der Waals surface area contributed by atoms with Gasteiger partial charge in [0.15, 0.2) is 0 Å². The summed E-state index contributed by atoms with van der Waals surface area (Å²) in [6.45, 7) is 0.580. The van der Waals surface area contributed by atoms with Crippen LogP contribution in [0.2, 0.25) is 5.02 Å². The van der Waals surface area contributed by atoms with Crippen molar-refractivity contribution < 1.29 is 4.74 Å². The van der Waals surface area contributed by atoms with Gasteiger partial charge in [0.05, 0.1) is 11.6 Å². The molecule has 98 valence electrons. The first kappa shape index (κ1) is 13.8. The highest BCUT2D eigenvalue weighted by atomic mass is 35.5. The molecule has 0 spiro atoms. The highest BCUT2D eigenvalue weighted by Crippen LogP contribution is 2.25. The van der Waals surface area contributed by atoms with Crippen LogP contribution in [0.1, 0.15) is 11.1 Å². The van der Waals surface area contributed by atoms with Gasteiger partial charge in [-0.3, -0.25) is 0 Å². The fourth-order valence-electron chi connectivity index (χ4n) is 1.69. The van der Waals surface area contributed by atoms with Crippen LogP contribution < -0.4 is 10.5 Å². The Balaban J connectivity index is 1.95. The summed E-state index contributed by atoms with van der Waals surface area (Å²) < 4.78 is 5.66. The molecule has 2 aromatic rings. The van der Waals surface area contributed by atoms with Crippen LogP contribution in [0.5, 0.6) is 5.75 Å². The minimum absolute atomic E-state index is 0.331. The van der Waals surface area contributed by atoms with Crippen LogP contribution in [0.15, 0.2) is 48.5 Å². The van der Waals surface area contributed by atoms with E-state index in [-0.39, 0.29) is 0 Å². The van der Waals surface area contributed by atoms with E-state index in [1.54, 1.807) is 12.1 Å². The summed E-state index contributed by atoms with van der Waals surface area (Å²) in [5.41, 5.74) is 7.52. The summed E-state index contributed by atoms with van der Waals surface area (Å²) >= 11 is 11.0. The van der Waals surface area contributed by atoms with Crippen LogP contribution in [0.4, 0.5) is 0 Å². The zero-order valence-corrected chi connectivity index (χ0v) is 11.9. The van der Waals surface area contributed by atoms with E-state index in [4.69, 9.17) is 34.3 Å². The van der Waals surface area contributed by atoms with Gasteiger partial charge in [0.25, 0.3) is 0 Å². The van der Waals surface area contributed by atoms with Crippen molar-refractivity contribution in [3.63, 3.8) is 0 Å². The third-order valence-corrected chi connectivity index (χ3v) is 3.24. The molecule has 4 heteroatoms. The van der Waals surface area contributed by atoms with E-state index in [9.17, 15) is 0 Å². The summed E-state index contributed by atoms with van der Waals surface area (Å²) in [4.78, 5) is 0.331. The van der Waals surface area contributed by atoms with Crippen LogP contribution in [0.3, 0.4) is 0 Å². The van der Waals surface area contributed by atoms with Gasteiger partial charge < -0.3 is 10.5 Å². The fraction of sp³-hybridized carbons (Fsp3) is 0.133. The van der Waals surface area contributed by atoms with Crippen molar-refractivity contribution in [1.29, 1.82) is 0 Å². The van der Waals surface area contributed by atoms with Gasteiger partial charge in [0.1, 0.15) is 10.7 Å². The highest BCUT2D eigenvalue weighted by Gasteiger charge is 2.04. The number of thiocarbonyl (C=S) groups is 1. The number of halogens is 1. The van der Waals surface area contributed by atoms with E-state index < -0.39 is 0 Å². The van der Waals surface area contributed by atoms with E-state index in [0.717, 1.165) is 12.0 Å². The van der Waals surface area contributed by atoms with E-state index in [1.165, 1.54) is 5.56 Å². The lowest BCUT2D eigenvalue weighted by Gasteiger charge is -2.09. The molecule has 2 N–H and O–H groups in total. The van der Waals surface area contributed by atoms with Crippen molar-refractivity contribution >= 4 is 28.8 Å². The quantitative estimate of drug-likeness (QED) is 0.855. The Morgan fingerprint density at radius 2 is 1.89 bits per heavy atom. The number of rotatable bonds is 5. The third kappa shape index (κ3) is 3.94. The smallest absolute Gasteiger partial charge is 0.137 e. The lowest BCUT2D eigenvalue weighted by atomic mass is 10.2. The maximum absolute atomic E-state index is 6.12. The predicted molar refractivity (Wildman–Crippen MR) is 83.0 cm³/mol. The number of hydrogen-bond donors (Lipinski definition) is 1. The van der Waals surface area contributed by atoms with Crippen molar-refractivity contribution in [1.82, 2.24) is 0 Å². The van der Waals surface area contributed by atoms with Gasteiger partial charge in [-0.1, -0.05) is 54.2 Å². The van der Waals surface area contributed by atoms with Crippen molar-refractivity contribution in [2.45, 2.75) is 6.42 Å². The maximum Gasteiger partial charge on any atom is 0.137 e. The second-order valence-electron chi connectivity index (χ2n) is 4.09. The second-order valence-corrected chi connectivity index (χ2v) is 4.94. The summed E-state index contributed by atoms with van der Waals surface area (Å²) in [6.07, 6.45) is 0.841. The highest BCUT2D eigenvalue weighted by molar-refractivity contribution is 7.80. The first-order valence-electron chi connectivity index (χ1n) is 5.93. The molecule has 0 saturated heterocycles. The number of hydrogen-bond acceptors (Lipinski definition) is 2. The molecule has 0 saturated carbocycles. The molecule has 0 aromatic heterocycles. The molecule has 0 aliphatic rings. The maximum atomic E-state index is 6.12. The molecule has 2 rings (SSSR count). The van der Waals surface area contributed by atoms with Gasteiger partial charge in [-0.2, -0.15) is 0 Å². The van der Waals surface area contributed by atoms with Gasteiger partial charge in [-0.05, 0) is 23.8 Å². The molecule has 0 fully saturated rings. The molecular weight excluding hydrogens is 278 g/mol. The lowest BCUT2D eigenvalue weighted by Crippen LogP contribution is -2.09. The lowest BCUT2D eigenvalue weighted by molar-refractivity contribution is 0.322. The summed E-state index contributed by atoms with van der Waals surface area (Å²) in [7, 11) is 0. The van der Waals surface area contributed by atoms with Crippen molar-refractivity contribution in [2.24, 2.45) is 5.73 Å². The third-order valence-electron chi connectivity index (χ3n) is 2.71. The molecule has 0 radical (unpaired) electrons. The van der Waals surface area contributed by atoms with Crippen LogP contribution in [-0.2, 0) is 6.42 Å². The van der Waals surface area contributed by atoms with E-state index in [2.05, 4.69) is 12.1 Å². The minimum Gasteiger partial charge on any atom is -0.492 e. The van der Waals surface area contributed by atoms with E-state index in [0.29, 0.717) is 22.4 Å². The summed E-state index contributed by atoms with van der Waals surface area (Å²) in [6, 6.07) is 15.5. The topological polar surface area (TPSA) is 35.2 Å². The largest absolute Gasteiger partial charge is 0.492 e. The Labute approximate surface area is 123 Å². The van der Waals surface area contributed by atoms with Crippen molar-refractivity contribution in [3.8, 4) is 5.75 Å². The molecule has 0 heterocycles. The van der Waals surface area contributed by atoms with Crippen molar-refractivity contribution in [3.05, 3.63) is 64.7 Å². The van der Waals surface area contributed by atoms with Gasteiger partial charge >= 0.3 is 0 Å². The van der Waals surface area contributed by atoms with Gasteiger partial charge in [0.2, 0.25) is 0 Å². The van der Waals surface area contributed by atoms with E-state index >= 15 is 0 Å². The van der Waals surface area contributed by atoms with Crippen LogP contribution >= 0.6 is 23.8 Å². The first-order chi connectivity index (χ1) is 9.16. The molecule has 0 aliphatic carbocycles. The number of nitrogens with two attached hydrogens (primary N) is 1. The Kier molecular flexibility index (Phi) is 4.77. The molecule has 0 unspecified atom stereocenters. The Bertz CT molecular complexity index is 572. The SMILES string of the molecule is NC(=S)c1ccc(OCCc2ccccc2)c(Cl)c1. The molecule has 2 nitrogen and oxygen atoms in total. The second kappa shape index (κ2) is 6.55. The molecule has 0 bridgehead atoms. The van der Waals surface area contributed by atoms with Crippen LogP contribution in [0.25, 0.3) is 0 Å². The zero-order valence-electron chi connectivity index (χ0n) is 10.3. The number of benzene rings is 2. The molecule has 0 amide bonds. The summed E-state index contributed by atoms with van der Waals surface area (Å²) in [5, 5.41) is 0.526. The Hall–Kier alpha value is -1.58. The normalized spacial score (nSPS) is 10.2. The first-order valence-corrected chi connectivity index (χ1v) is 6.71. The summed E-state index contributed by atoms with van der Waals surface area (Å²) in [5.74, 6) is 0.651. The van der Waals surface area contributed by atoms with Crippen molar-refractivity contribution in [2.75, 3.05) is 6.61 Å². The Morgan fingerprint density at radius 1 is 1.16 bits per heavy atom.